The van der Waals surface area contributed by atoms with Gasteiger partial charge in [-0.05, 0) is 52.3 Å². The highest BCUT2D eigenvalue weighted by Gasteiger charge is 2.17. The molecule has 0 aromatic heterocycles. The number of nitrogens with one attached hydrogen (secondary N) is 2. The number of carbonyl (C=O) groups is 1. The van der Waals surface area contributed by atoms with Gasteiger partial charge in [-0.3, -0.25) is 0 Å². The first kappa shape index (κ1) is 18.0. The van der Waals surface area contributed by atoms with E-state index in [4.69, 9.17) is 10.00 Å². The maximum atomic E-state index is 11.7. The quantitative estimate of drug-likeness (QED) is 0.876. The van der Waals surface area contributed by atoms with Crippen LogP contribution in [0.1, 0.15) is 51.8 Å². The van der Waals surface area contributed by atoms with Gasteiger partial charge in [0.1, 0.15) is 5.60 Å². The Morgan fingerprint density at radius 1 is 1.27 bits per heavy atom. The highest BCUT2D eigenvalue weighted by Crippen LogP contribution is 2.13. The van der Waals surface area contributed by atoms with Crippen LogP contribution in [0.4, 0.5) is 4.79 Å². The Labute approximate surface area is 132 Å². The number of hydrogen-bond donors (Lipinski definition) is 2. The molecule has 1 amide bonds. The number of benzene rings is 1. The van der Waals surface area contributed by atoms with Gasteiger partial charge in [-0.1, -0.05) is 12.1 Å². The average Bonchev–Trinajstić information content (AvgIpc) is 2.42. The molecule has 1 rings (SSSR count). The van der Waals surface area contributed by atoms with Crippen LogP contribution in [0.3, 0.4) is 0 Å². The molecule has 2 unspecified atom stereocenters. The molecule has 5 heteroatoms. The Bertz CT molecular complexity index is 526. The second-order valence-corrected chi connectivity index (χ2v) is 6.41. The molecule has 0 bridgehead atoms. The van der Waals surface area contributed by atoms with Gasteiger partial charge in [0.15, 0.2) is 0 Å². The molecular weight excluding hydrogens is 278 g/mol. The van der Waals surface area contributed by atoms with Crippen LogP contribution in [0.5, 0.6) is 0 Å². The van der Waals surface area contributed by atoms with E-state index in [0.717, 1.165) is 5.56 Å². The third kappa shape index (κ3) is 6.59. The van der Waals surface area contributed by atoms with Crippen LogP contribution in [-0.4, -0.2) is 24.3 Å². The minimum Gasteiger partial charge on any atom is -0.444 e. The van der Waals surface area contributed by atoms with Crippen molar-refractivity contribution in [3.05, 3.63) is 35.4 Å². The fourth-order valence-corrected chi connectivity index (χ4v) is 1.88. The minimum atomic E-state index is -0.493. The Morgan fingerprint density at radius 3 is 2.36 bits per heavy atom. The fourth-order valence-electron chi connectivity index (χ4n) is 1.88. The first-order valence-corrected chi connectivity index (χ1v) is 7.44. The second kappa shape index (κ2) is 7.81. The zero-order valence-corrected chi connectivity index (χ0v) is 13.9. The van der Waals surface area contributed by atoms with Crippen molar-refractivity contribution < 1.29 is 9.53 Å². The molecule has 0 radical (unpaired) electrons. The van der Waals surface area contributed by atoms with Crippen LogP contribution >= 0.6 is 0 Å². The van der Waals surface area contributed by atoms with Gasteiger partial charge in [0.25, 0.3) is 0 Å². The highest BCUT2D eigenvalue weighted by atomic mass is 16.6. The van der Waals surface area contributed by atoms with Crippen molar-refractivity contribution in [1.82, 2.24) is 10.6 Å². The lowest BCUT2D eigenvalue weighted by atomic mass is 10.1. The van der Waals surface area contributed by atoms with Crippen LogP contribution < -0.4 is 10.6 Å². The smallest absolute Gasteiger partial charge is 0.407 e. The molecule has 5 nitrogen and oxygen atoms in total. The number of amides is 1. The topological polar surface area (TPSA) is 74.2 Å². The molecule has 0 saturated carbocycles. The van der Waals surface area contributed by atoms with Crippen LogP contribution in [0, 0.1) is 11.3 Å². The van der Waals surface area contributed by atoms with Crippen molar-refractivity contribution in [2.75, 3.05) is 6.54 Å². The number of nitriles is 1. The zero-order valence-electron chi connectivity index (χ0n) is 13.9. The summed E-state index contributed by atoms with van der Waals surface area (Å²) in [6.07, 6.45) is -0.409. The van der Waals surface area contributed by atoms with E-state index in [2.05, 4.69) is 16.7 Å². The summed E-state index contributed by atoms with van der Waals surface area (Å²) in [6.45, 7) is 10.1. The van der Waals surface area contributed by atoms with Gasteiger partial charge in [0.05, 0.1) is 11.6 Å². The summed E-state index contributed by atoms with van der Waals surface area (Å²) in [7, 11) is 0. The summed E-state index contributed by atoms with van der Waals surface area (Å²) in [5.74, 6) is 0. The Kier molecular flexibility index (Phi) is 6.39. The van der Waals surface area contributed by atoms with E-state index in [1.54, 1.807) is 12.1 Å². The van der Waals surface area contributed by atoms with Gasteiger partial charge in [-0.2, -0.15) is 5.26 Å². The summed E-state index contributed by atoms with van der Waals surface area (Å²) in [6, 6.07) is 9.66. The Hall–Kier alpha value is -2.06. The van der Waals surface area contributed by atoms with Crippen molar-refractivity contribution in [3.63, 3.8) is 0 Å². The maximum absolute atomic E-state index is 11.7. The molecule has 0 aliphatic heterocycles. The van der Waals surface area contributed by atoms with Crippen LogP contribution in [0.25, 0.3) is 0 Å². The van der Waals surface area contributed by atoms with Crippen LogP contribution in [0.15, 0.2) is 24.3 Å². The van der Waals surface area contributed by atoms with Gasteiger partial charge in [-0.15, -0.1) is 0 Å². The van der Waals surface area contributed by atoms with E-state index in [1.165, 1.54) is 0 Å². The summed E-state index contributed by atoms with van der Waals surface area (Å²) >= 11 is 0. The molecule has 2 N–H and O–H groups in total. The van der Waals surface area contributed by atoms with E-state index >= 15 is 0 Å². The molecule has 0 heterocycles. The van der Waals surface area contributed by atoms with Crippen LogP contribution in [0.2, 0.25) is 0 Å². The Morgan fingerprint density at radius 2 is 1.86 bits per heavy atom. The standard InChI is InChI=1S/C17H25N3O2/c1-12(20-16(21)22-17(3,4)5)11-19-13(2)15-8-6-14(10-18)7-9-15/h6-9,12-13,19H,11H2,1-5H3,(H,20,21). The number of nitrogens with zero attached hydrogens (tertiary/aromatic N) is 1. The molecule has 22 heavy (non-hydrogen) atoms. The lowest BCUT2D eigenvalue weighted by Crippen LogP contribution is -2.43. The fraction of sp³-hybridized carbons (Fsp3) is 0.529. The van der Waals surface area contributed by atoms with Crippen molar-refractivity contribution in [2.24, 2.45) is 0 Å². The van der Waals surface area contributed by atoms with Crippen molar-refractivity contribution >= 4 is 6.09 Å². The lowest BCUT2D eigenvalue weighted by Gasteiger charge is -2.23. The predicted octanol–water partition coefficient (Wildman–Crippen LogP) is 3.12. The molecule has 0 aliphatic rings. The molecule has 1 aromatic carbocycles. The van der Waals surface area contributed by atoms with E-state index in [-0.39, 0.29) is 12.1 Å². The second-order valence-electron chi connectivity index (χ2n) is 6.41. The summed E-state index contributed by atoms with van der Waals surface area (Å²) in [4.78, 5) is 11.7. The summed E-state index contributed by atoms with van der Waals surface area (Å²) < 4.78 is 5.22. The highest BCUT2D eigenvalue weighted by molar-refractivity contribution is 5.68. The van der Waals surface area contributed by atoms with Crippen molar-refractivity contribution in [2.45, 2.75) is 52.3 Å². The third-order valence-electron chi connectivity index (χ3n) is 3.03. The minimum absolute atomic E-state index is 0.0457. The van der Waals surface area contributed by atoms with Gasteiger partial charge >= 0.3 is 6.09 Å². The largest absolute Gasteiger partial charge is 0.444 e. The molecule has 0 fully saturated rings. The first-order chi connectivity index (χ1) is 10.2. The van der Waals surface area contributed by atoms with E-state index < -0.39 is 11.7 Å². The van der Waals surface area contributed by atoms with Crippen LogP contribution in [-0.2, 0) is 4.74 Å². The molecule has 0 aliphatic carbocycles. The normalized spacial score (nSPS) is 13.8. The molecule has 0 spiro atoms. The van der Waals surface area contributed by atoms with Crippen molar-refractivity contribution in [3.8, 4) is 6.07 Å². The number of carbonyl (C=O) groups excluding carboxylic acids is 1. The molecule has 1 aromatic rings. The van der Waals surface area contributed by atoms with E-state index in [9.17, 15) is 4.79 Å². The SMILES string of the molecule is CC(CNC(C)c1ccc(C#N)cc1)NC(=O)OC(C)(C)C. The van der Waals surface area contributed by atoms with E-state index in [1.807, 2.05) is 46.8 Å². The molecular formula is C17H25N3O2. The number of hydrogen-bond acceptors (Lipinski definition) is 4. The summed E-state index contributed by atoms with van der Waals surface area (Å²) in [5, 5.41) is 14.9. The van der Waals surface area contributed by atoms with Gasteiger partial charge in [-0.25, -0.2) is 4.79 Å². The first-order valence-electron chi connectivity index (χ1n) is 7.44. The monoisotopic (exact) mass is 303 g/mol. The molecule has 0 saturated heterocycles. The Balaban J connectivity index is 2.41. The number of rotatable bonds is 5. The van der Waals surface area contributed by atoms with Gasteiger partial charge in [0, 0.05) is 18.6 Å². The third-order valence-corrected chi connectivity index (χ3v) is 3.03. The number of ether oxygens (including phenoxy) is 1. The van der Waals surface area contributed by atoms with Gasteiger partial charge in [0.2, 0.25) is 0 Å². The van der Waals surface area contributed by atoms with Gasteiger partial charge < -0.3 is 15.4 Å². The predicted molar refractivity (Wildman–Crippen MR) is 86.4 cm³/mol. The molecule has 2 atom stereocenters. The van der Waals surface area contributed by atoms with Crippen molar-refractivity contribution in [1.29, 1.82) is 5.26 Å². The number of alkyl carbamates (subject to hydrolysis) is 1. The summed E-state index contributed by atoms with van der Waals surface area (Å²) in [5.41, 5.74) is 1.26. The molecule has 120 valence electrons. The van der Waals surface area contributed by atoms with E-state index in [0.29, 0.717) is 12.1 Å². The lowest BCUT2D eigenvalue weighted by molar-refractivity contribution is 0.0507. The maximum Gasteiger partial charge on any atom is 0.407 e. The zero-order chi connectivity index (χ0) is 16.8. The average molecular weight is 303 g/mol.